The highest BCUT2D eigenvalue weighted by molar-refractivity contribution is 5.67. The highest BCUT2D eigenvalue weighted by atomic mass is 16.5. The third-order valence-electron chi connectivity index (χ3n) is 5.95. The van der Waals surface area contributed by atoms with Crippen molar-refractivity contribution in [3.63, 3.8) is 0 Å². The largest absolute Gasteiger partial charge is 0.481 e. The topological polar surface area (TPSA) is 94.0 Å². The number of rotatable bonds is 6. The summed E-state index contributed by atoms with van der Waals surface area (Å²) in [4.78, 5) is 15.5. The number of hydrogen-bond acceptors (Lipinski definition) is 5. The molecule has 30 heavy (non-hydrogen) atoms. The quantitative estimate of drug-likeness (QED) is 0.647. The lowest BCUT2D eigenvalue weighted by atomic mass is 9.76. The molecule has 7 heteroatoms. The van der Waals surface area contributed by atoms with Crippen LogP contribution in [0, 0.1) is 12.3 Å². The number of carbonyl (C=O) groups is 1. The van der Waals surface area contributed by atoms with Gasteiger partial charge in [-0.2, -0.15) is 10.1 Å². The molecule has 0 fully saturated rings. The van der Waals surface area contributed by atoms with Gasteiger partial charge in [0.2, 0.25) is 5.82 Å². The maximum atomic E-state index is 10.8. The number of fused-ring (bicyclic) bond motifs is 1. The Morgan fingerprint density at radius 2 is 2.13 bits per heavy atom. The van der Waals surface area contributed by atoms with E-state index in [1.165, 1.54) is 11.3 Å². The molecule has 0 atom stereocenters. The van der Waals surface area contributed by atoms with Crippen molar-refractivity contribution >= 4 is 5.97 Å². The summed E-state index contributed by atoms with van der Waals surface area (Å²) in [6.07, 6.45) is 3.71. The van der Waals surface area contributed by atoms with E-state index in [1.807, 2.05) is 25.1 Å². The van der Waals surface area contributed by atoms with Crippen molar-refractivity contribution in [1.82, 2.24) is 19.9 Å². The van der Waals surface area contributed by atoms with Crippen LogP contribution < -0.4 is 0 Å². The number of hydrogen-bond donors (Lipinski definition) is 1. The van der Waals surface area contributed by atoms with Gasteiger partial charge in [0.25, 0.3) is 5.89 Å². The second kappa shape index (κ2) is 7.70. The van der Waals surface area contributed by atoms with Crippen molar-refractivity contribution in [2.45, 2.75) is 66.3 Å². The van der Waals surface area contributed by atoms with E-state index in [9.17, 15) is 4.79 Å². The van der Waals surface area contributed by atoms with Crippen LogP contribution >= 0.6 is 0 Å². The average molecular weight is 409 g/mol. The number of aromatic nitrogens is 4. The number of aryl methyl sites for hydroxylation is 3. The Hall–Kier alpha value is -2.96. The number of benzene rings is 1. The molecule has 0 spiro atoms. The molecule has 0 saturated carbocycles. The lowest BCUT2D eigenvalue weighted by molar-refractivity contribution is -0.136. The molecule has 2 heterocycles. The molecule has 0 unspecified atom stereocenters. The normalized spacial score (nSPS) is 15.2. The number of nitrogens with zero attached hydrogens (tertiary/aromatic N) is 4. The van der Waals surface area contributed by atoms with Crippen LogP contribution in [0.15, 0.2) is 22.7 Å². The van der Waals surface area contributed by atoms with Gasteiger partial charge in [0.1, 0.15) is 5.69 Å². The van der Waals surface area contributed by atoms with E-state index < -0.39 is 5.97 Å². The molecule has 1 aromatic carbocycles. The lowest BCUT2D eigenvalue weighted by Gasteiger charge is -2.30. The van der Waals surface area contributed by atoms with Crippen molar-refractivity contribution in [3.05, 3.63) is 40.6 Å². The summed E-state index contributed by atoms with van der Waals surface area (Å²) in [5, 5.41) is 17.9. The van der Waals surface area contributed by atoms with E-state index in [1.54, 1.807) is 0 Å². The molecule has 0 saturated heterocycles. The van der Waals surface area contributed by atoms with E-state index in [2.05, 4.69) is 35.6 Å². The van der Waals surface area contributed by atoms with Gasteiger partial charge in [0.05, 0.1) is 0 Å². The monoisotopic (exact) mass is 408 g/mol. The summed E-state index contributed by atoms with van der Waals surface area (Å²) in [6, 6.07) is 5.83. The first-order valence-corrected chi connectivity index (χ1v) is 10.5. The minimum absolute atomic E-state index is 0.117. The molecule has 0 bridgehead atoms. The molecular formula is C23H28N4O3. The predicted molar refractivity (Wildman–Crippen MR) is 113 cm³/mol. The first kappa shape index (κ1) is 20.3. The Balaban J connectivity index is 1.64. The Labute approximate surface area is 176 Å². The summed E-state index contributed by atoms with van der Waals surface area (Å²) in [7, 11) is 0. The standard InChI is InChI=1S/C23H28N4O3/c1-5-27-18-13-23(3,4)11-10-17(18)20(25-27)21-24-22(30-26-21)16-8-6-15(12-14(16)2)7-9-19(28)29/h6,8,12H,5,7,9-11,13H2,1-4H3,(H,28,29). The summed E-state index contributed by atoms with van der Waals surface area (Å²) in [6.45, 7) is 9.50. The third-order valence-corrected chi connectivity index (χ3v) is 5.95. The highest BCUT2D eigenvalue weighted by Gasteiger charge is 2.32. The molecule has 7 nitrogen and oxygen atoms in total. The molecule has 0 aliphatic heterocycles. The second-order valence-electron chi connectivity index (χ2n) is 8.90. The van der Waals surface area contributed by atoms with Crippen LogP contribution in [0.2, 0.25) is 0 Å². The minimum atomic E-state index is -0.795. The van der Waals surface area contributed by atoms with Gasteiger partial charge in [0.15, 0.2) is 0 Å². The van der Waals surface area contributed by atoms with Gasteiger partial charge in [-0.15, -0.1) is 0 Å². The fraction of sp³-hybridized carbons (Fsp3) is 0.478. The minimum Gasteiger partial charge on any atom is -0.481 e. The number of aliphatic carboxylic acids is 1. The van der Waals surface area contributed by atoms with Gasteiger partial charge in [-0.25, -0.2) is 0 Å². The highest BCUT2D eigenvalue weighted by Crippen LogP contribution is 2.38. The molecule has 1 aliphatic rings. The van der Waals surface area contributed by atoms with Crippen LogP contribution in [0.1, 0.15) is 56.0 Å². The maximum absolute atomic E-state index is 10.8. The van der Waals surface area contributed by atoms with E-state index >= 15 is 0 Å². The van der Waals surface area contributed by atoms with Crippen molar-refractivity contribution in [2.24, 2.45) is 5.41 Å². The summed E-state index contributed by atoms with van der Waals surface area (Å²) in [5.74, 6) is 0.197. The van der Waals surface area contributed by atoms with Crippen LogP contribution in [0.3, 0.4) is 0 Å². The van der Waals surface area contributed by atoms with Crippen LogP contribution in [0.4, 0.5) is 0 Å². The zero-order valence-electron chi connectivity index (χ0n) is 18.0. The molecule has 2 aromatic heterocycles. The Morgan fingerprint density at radius 3 is 2.83 bits per heavy atom. The summed E-state index contributed by atoms with van der Waals surface area (Å²) in [5.41, 5.74) is 6.45. The van der Waals surface area contributed by atoms with E-state index in [0.717, 1.165) is 48.2 Å². The fourth-order valence-corrected chi connectivity index (χ4v) is 4.24. The lowest BCUT2D eigenvalue weighted by Crippen LogP contribution is -2.24. The van der Waals surface area contributed by atoms with Gasteiger partial charge < -0.3 is 9.63 Å². The molecule has 1 aliphatic carbocycles. The van der Waals surface area contributed by atoms with E-state index in [0.29, 0.717) is 18.1 Å². The Kier molecular flexibility index (Phi) is 5.22. The van der Waals surface area contributed by atoms with Gasteiger partial charge in [-0.3, -0.25) is 9.48 Å². The number of carboxylic acid groups (broad SMARTS) is 1. The van der Waals surface area contributed by atoms with E-state index in [-0.39, 0.29) is 11.8 Å². The molecule has 0 radical (unpaired) electrons. The predicted octanol–water partition coefficient (Wildman–Crippen LogP) is 4.46. The zero-order chi connectivity index (χ0) is 21.5. The van der Waals surface area contributed by atoms with Gasteiger partial charge in [0, 0.05) is 29.8 Å². The number of carboxylic acids is 1. The smallest absolute Gasteiger partial charge is 0.303 e. The van der Waals surface area contributed by atoms with Crippen molar-refractivity contribution in [1.29, 1.82) is 0 Å². The maximum Gasteiger partial charge on any atom is 0.303 e. The SMILES string of the molecule is CCn1nc(-c2noc(-c3ccc(CCC(=O)O)cc3C)n2)c2c1CC(C)(C)CC2. The summed E-state index contributed by atoms with van der Waals surface area (Å²) >= 11 is 0. The second-order valence-corrected chi connectivity index (χ2v) is 8.90. The molecule has 3 aromatic rings. The van der Waals surface area contributed by atoms with Gasteiger partial charge in [-0.1, -0.05) is 31.1 Å². The first-order valence-electron chi connectivity index (χ1n) is 10.5. The first-order chi connectivity index (χ1) is 14.3. The van der Waals surface area contributed by atoms with Crippen LogP contribution in [0.25, 0.3) is 23.0 Å². The third kappa shape index (κ3) is 3.88. The fourth-order valence-electron chi connectivity index (χ4n) is 4.24. The van der Waals surface area contributed by atoms with Crippen LogP contribution in [-0.2, 0) is 30.6 Å². The van der Waals surface area contributed by atoms with Gasteiger partial charge >= 0.3 is 5.97 Å². The zero-order valence-corrected chi connectivity index (χ0v) is 18.0. The molecule has 4 rings (SSSR count). The summed E-state index contributed by atoms with van der Waals surface area (Å²) < 4.78 is 7.67. The van der Waals surface area contributed by atoms with Crippen LogP contribution in [0.5, 0.6) is 0 Å². The molecular weight excluding hydrogens is 380 g/mol. The molecule has 0 amide bonds. The van der Waals surface area contributed by atoms with Crippen molar-refractivity contribution in [3.8, 4) is 23.0 Å². The van der Waals surface area contributed by atoms with Crippen molar-refractivity contribution in [2.75, 3.05) is 0 Å². The molecule has 158 valence electrons. The van der Waals surface area contributed by atoms with E-state index in [4.69, 9.17) is 14.7 Å². The Morgan fingerprint density at radius 1 is 1.33 bits per heavy atom. The van der Waals surface area contributed by atoms with Crippen LogP contribution in [-0.4, -0.2) is 31.0 Å². The molecule has 1 N–H and O–H groups in total. The average Bonchev–Trinajstić information content (AvgIpc) is 3.30. The van der Waals surface area contributed by atoms with Gasteiger partial charge in [-0.05, 0) is 62.1 Å². The van der Waals surface area contributed by atoms with Crippen molar-refractivity contribution < 1.29 is 14.4 Å². The Bertz CT molecular complexity index is 1090.